The van der Waals surface area contributed by atoms with Gasteiger partial charge in [-0.3, -0.25) is 0 Å². The molecule has 0 aliphatic carbocycles. The molecule has 0 bridgehead atoms. The highest BCUT2D eigenvalue weighted by molar-refractivity contribution is 5.10. The molecule has 0 unspecified atom stereocenters. The van der Waals surface area contributed by atoms with E-state index in [0.717, 1.165) is 31.3 Å². The topological polar surface area (TPSA) is 38.7 Å². The Labute approximate surface area is 123 Å². The highest BCUT2D eigenvalue weighted by Gasteiger charge is 2.36. The summed E-state index contributed by atoms with van der Waals surface area (Å²) in [4.78, 5) is 0. The molecule has 0 saturated carbocycles. The highest BCUT2D eigenvalue weighted by Crippen LogP contribution is 2.32. The van der Waals surface area contributed by atoms with Gasteiger partial charge in [0.05, 0.1) is 19.8 Å². The lowest BCUT2D eigenvalue weighted by molar-refractivity contribution is -0.129. The number of hydrogen-bond acceptors (Lipinski definition) is 3. The lowest BCUT2D eigenvalue weighted by Gasteiger charge is -2.28. The molecule has 1 fully saturated rings. The van der Waals surface area contributed by atoms with Gasteiger partial charge in [-0.15, -0.1) is 0 Å². The molecule has 1 aliphatic heterocycles. The minimum atomic E-state index is -0.568. The van der Waals surface area contributed by atoms with E-state index in [0.29, 0.717) is 13.2 Å². The predicted molar refractivity (Wildman–Crippen MR) is 82.5 cm³/mol. The van der Waals surface area contributed by atoms with Crippen LogP contribution in [0.2, 0.25) is 0 Å². The van der Waals surface area contributed by atoms with Gasteiger partial charge in [-0.2, -0.15) is 0 Å². The van der Waals surface area contributed by atoms with E-state index in [4.69, 9.17) is 14.6 Å². The molecule has 0 spiro atoms. The van der Waals surface area contributed by atoms with E-state index in [-0.39, 0.29) is 6.61 Å². The van der Waals surface area contributed by atoms with Crippen LogP contribution in [-0.2, 0) is 9.47 Å². The first-order chi connectivity index (χ1) is 9.50. The Morgan fingerprint density at radius 1 is 1.10 bits per heavy atom. The van der Waals surface area contributed by atoms with Crippen molar-refractivity contribution in [2.45, 2.75) is 52.2 Å². The van der Waals surface area contributed by atoms with Crippen LogP contribution in [0.1, 0.15) is 46.5 Å². The first kappa shape index (κ1) is 17.2. The van der Waals surface area contributed by atoms with E-state index in [1.807, 2.05) is 13.0 Å². The molecule has 114 valence electrons. The summed E-state index contributed by atoms with van der Waals surface area (Å²) in [5.41, 5.74) is 3.53. The van der Waals surface area contributed by atoms with E-state index in [9.17, 15) is 0 Å². The summed E-state index contributed by atoms with van der Waals surface area (Å²) in [6, 6.07) is 0. The molecule has 0 atom stereocenters. The van der Waals surface area contributed by atoms with Crippen LogP contribution in [0.15, 0.2) is 35.5 Å². The van der Waals surface area contributed by atoms with Crippen molar-refractivity contribution in [1.29, 1.82) is 0 Å². The highest BCUT2D eigenvalue weighted by atomic mass is 16.7. The molecule has 0 aromatic heterocycles. The summed E-state index contributed by atoms with van der Waals surface area (Å²) in [5, 5.41) is 8.80. The van der Waals surface area contributed by atoms with Crippen molar-refractivity contribution in [2.75, 3.05) is 19.8 Å². The molecule has 0 amide bonds. The van der Waals surface area contributed by atoms with E-state index in [2.05, 4.69) is 26.5 Å². The summed E-state index contributed by atoms with van der Waals surface area (Å²) < 4.78 is 11.5. The molecule has 0 aromatic carbocycles. The molecule has 3 heteroatoms. The van der Waals surface area contributed by atoms with E-state index >= 15 is 0 Å². The van der Waals surface area contributed by atoms with Crippen molar-refractivity contribution >= 4 is 0 Å². The smallest absolute Gasteiger partial charge is 0.190 e. The average molecular weight is 280 g/mol. The molecule has 0 aromatic rings. The lowest BCUT2D eigenvalue weighted by Crippen LogP contribution is -2.31. The van der Waals surface area contributed by atoms with E-state index < -0.39 is 5.79 Å². The Kier molecular flexibility index (Phi) is 7.20. The molecule has 1 N–H and O–H groups in total. The van der Waals surface area contributed by atoms with Crippen LogP contribution in [0.3, 0.4) is 0 Å². The quantitative estimate of drug-likeness (QED) is 0.688. The van der Waals surface area contributed by atoms with Gasteiger partial charge in [0.1, 0.15) is 0 Å². The van der Waals surface area contributed by atoms with Gasteiger partial charge in [0.2, 0.25) is 0 Å². The molecule has 0 radical (unpaired) electrons. The van der Waals surface area contributed by atoms with Gasteiger partial charge in [0.25, 0.3) is 0 Å². The van der Waals surface area contributed by atoms with Gasteiger partial charge in [-0.25, -0.2) is 0 Å². The maximum Gasteiger partial charge on any atom is 0.190 e. The maximum atomic E-state index is 8.80. The van der Waals surface area contributed by atoms with Crippen LogP contribution in [-0.4, -0.2) is 30.7 Å². The van der Waals surface area contributed by atoms with Crippen LogP contribution in [0, 0.1) is 0 Å². The number of aliphatic hydroxyl groups is 1. The third kappa shape index (κ3) is 5.23. The zero-order chi connectivity index (χ0) is 15.0. The number of ether oxygens (including phenoxy) is 2. The standard InChI is InChI=1S/C17H28O3/c1-14(2)17(19-12-13-20-17)10-8-15(3)6-5-7-16(4)9-11-18/h6,9,18H,1,5,7-8,10-13H2,2-4H3. The van der Waals surface area contributed by atoms with Crippen molar-refractivity contribution in [3.05, 3.63) is 35.5 Å². The average Bonchev–Trinajstić information content (AvgIpc) is 2.87. The van der Waals surface area contributed by atoms with Crippen molar-refractivity contribution in [3.8, 4) is 0 Å². The summed E-state index contributed by atoms with van der Waals surface area (Å²) in [6.07, 6.45) is 7.91. The molecular formula is C17H28O3. The zero-order valence-corrected chi connectivity index (χ0v) is 13.1. The van der Waals surface area contributed by atoms with Crippen LogP contribution < -0.4 is 0 Å². The van der Waals surface area contributed by atoms with Crippen molar-refractivity contribution < 1.29 is 14.6 Å². The monoisotopic (exact) mass is 280 g/mol. The minimum Gasteiger partial charge on any atom is -0.392 e. The van der Waals surface area contributed by atoms with Crippen LogP contribution in [0.5, 0.6) is 0 Å². The molecule has 3 nitrogen and oxygen atoms in total. The van der Waals surface area contributed by atoms with Gasteiger partial charge in [0.15, 0.2) is 5.79 Å². The second-order valence-electron chi connectivity index (χ2n) is 5.55. The molecule has 1 saturated heterocycles. The summed E-state index contributed by atoms with van der Waals surface area (Å²) in [7, 11) is 0. The molecule has 1 heterocycles. The van der Waals surface area contributed by atoms with Gasteiger partial charge in [-0.05, 0) is 45.6 Å². The lowest BCUT2D eigenvalue weighted by atomic mass is 9.99. The van der Waals surface area contributed by atoms with Crippen molar-refractivity contribution in [2.24, 2.45) is 0 Å². The first-order valence-electron chi connectivity index (χ1n) is 7.36. The van der Waals surface area contributed by atoms with E-state index in [1.54, 1.807) is 0 Å². The maximum absolute atomic E-state index is 8.80. The Bertz CT molecular complexity index is 374. The largest absolute Gasteiger partial charge is 0.392 e. The summed E-state index contributed by atoms with van der Waals surface area (Å²) in [5.74, 6) is -0.568. The van der Waals surface area contributed by atoms with Gasteiger partial charge in [-0.1, -0.05) is 29.9 Å². The fourth-order valence-corrected chi connectivity index (χ4v) is 2.33. The summed E-state index contributed by atoms with van der Waals surface area (Å²) >= 11 is 0. The van der Waals surface area contributed by atoms with E-state index in [1.165, 1.54) is 11.1 Å². The Hall–Kier alpha value is -0.900. The number of aliphatic hydroxyl groups excluding tert-OH is 1. The van der Waals surface area contributed by atoms with Crippen molar-refractivity contribution in [3.63, 3.8) is 0 Å². The van der Waals surface area contributed by atoms with Crippen LogP contribution >= 0.6 is 0 Å². The zero-order valence-electron chi connectivity index (χ0n) is 13.1. The van der Waals surface area contributed by atoms with Gasteiger partial charge >= 0.3 is 0 Å². The normalized spacial score (nSPS) is 19.4. The predicted octanol–water partition coefficient (Wildman–Crippen LogP) is 3.75. The molecule has 1 rings (SSSR count). The fourth-order valence-electron chi connectivity index (χ4n) is 2.33. The third-order valence-corrected chi connectivity index (χ3v) is 3.72. The number of rotatable bonds is 8. The number of hydrogen-bond donors (Lipinski definition) is 1. The van der Waals surface area contributed by atoms with Gasteiger partial charge in [0, 0.05) is 6.42 Å². The molecular weight excluding hydrogens is 252 g/mol. The van der Waals surface area contributed by atoms with Gasteiger partial charge < -0.3 is 14.6 Å². The Balaban J connectivity index is 2.40. The van der Waals surface area contributed by atoms with Crippen molar-refractivity contribution in [1.82, 2.24) is 0 Å². The summed E-state index contributed by atoms with van der Waals surface area (Å²) in [6.45, 7) is 11.6. The minimum absolute atomic E-state index is 0.129. The second kappa shape index (κ2) is 8.40. The second-order valence-corrected chi connectivity index (χ2v) is 5.55. The van der Waals surface area contributed by atoms with Crippen LogP contribution in [0.4, 0.5) is 0 Å². The number of allylic oxidation sites excluding steroid dienone is 3. The first-order valence-corrected chi connectivity index (χ1v) is 7.36. The molecule has 1 aliphatic rings. The Morgan fingerprint density at radius 3 is 2.25 bits per heavy atom. The SMILES string of the molecule is C=C(C)C1(CCC(C)=CCCC(C)=CCO)OCCO1. The molecule has 20 heavy (non-hydrogen) atoms. The Morgan fingerprint density at radius 2 is 1.70 bits per heavy atom. The van der Waals surface area contributed by atoms with Crippen LogP contribution in [0.25, 0.3) is 0 Å². The fraction of sp³-hybridized carbons (Fsp3) is 0.647. The third-order valence-electron chi connectivity index (χ3n) is 3.72.